The molecule has 1 aromatic carbocycles. The first kappa shape index (κ1) is 12.5. The van der Waals surface area contributed by atoms with Crippen LogP contribution < -0.4 is 10.5 Å². The van der Waals surface area contributed by atoms with Gasteiger partial charge in [-0.1, -0.05) is 12.1 Å². The van der Waals surface area contributed by atoms with Gasteiger partial charge in [-0.2, -0.15) is 0 Å². The summed E-state index contributed by atoms with van der Waals surface area (Å²) in [6.45, 7) is 1.21. The maximum absolute atomic E-state index is 11.1. The maximum Gasteiger partial charge on any atom is 0.309 e. The number of nitrogens with two attached hydrogens (primary N) is 1. The van der Waals surface area contributed by atoms with Gasteiger partial charge in [0.25, 0.3) is 0 Å². The molecule has 1 aromatic rings. The molecule has 88 valence electrons. The van der Waals surface area contributed by atoms with Crippen molar-refractivity contribution in [1.82, 2.24) is 0 Å². The Morgan fingerprint density at radius 2 is 2.25 bits per heavy atom. The molecule has 4 heteroatoms. The molecule has 0 aliphatic rings. The van der Waals surface area contributed by atoms with Gasteiger partial charge in [0.1, 0.15) is 5.75 Å². The number of hydrogen-bond donors (Lipinski definition) is 1. The van der Waals surface area contributed by atoms with Crippen LogP contribution in [0.4, 0.5) is 0 Å². The second kappa shape index (κ2) is 6.85. The summed E-state index contributed by atoms with van der Waals surface area (Å²) in [4.78, 5) is 11.1. The van der Waals surface area contributed by atoms with Crippen LogP contribution in [0.15, 0.2) is 24.3 Å². The van der Waals surface area contributed by atoms with Crippen molar-refractivity contribution in [1.29, 1.82) is 0 Å². The van der Waals surface area contributed by atoms with E-state index in [0.717, 1.165) is 17.7 Å². The highest BCUT2D eigenvalue weighted by molar-refractivity contribution is 5.72. The van der Waals surface area contributed by atoms with Gasteiger partial charge in [-0.05, 0) is 30.7 Å². The Morgan fingerprint density at radius 3 is 2.94 bits per heavy atom. The van der Waals surface area contributed by atoms with Crippen LogP contribution >= 0.6 is 0 Å². The van der Waals surface area contributed by atoms with Crippen molar-refractivity contribution in [3.05, 3.63) is 29.8 Å². The molecule has 0 aromatic heterocycles. The van der Waals surface area contributed by atoms with E-state index in [9.17, 15) is 4.79 Å². The van der Waals surface area contributed by atoms with Crippen molar-refractivity contribution in [2.45, 2.75) is 12.8 Å². The molecule has 0 aliphatic carbocycles. The smallest absolute Gasteiger partial charge is 0.309 e. The van der Waals surface area contributed by atoms with Crippen molar-refractivity contribution in [3.63, 3.8) is 0 Å². The largest absolute Gasteiger partial charge is 0.494 e. The van der Waals surface area contributed by atoms with Gasteiger partial charge in [-0.3, -0.25) is 4.79 Å². The lowest BCUT2D eigenvalue weighted by Crippen LogP contribution is -2.07. The Hall–Kier alpha value is -1.55. The zero-order chi connectivity index (χ0) is 11.8. The number of hydrogen-bond acceptors (Lipinski definition) is 4. The van der Waals surface area contributed by atoms with Gasteiger partial charge in [-0.25, -0.2) is 0 Å². The Balaban J connectivity index is 2.53. The van der Waals surface area contributed by atoms with Crippen molar-refractivity contribution in [2.24, 2.45) is 5.73 Å². The molecule has 1 rings (SSSR count). The summed E-state index contributed by atoms with van der Waals surface area (Å²) in [6.07, 6.45) is 1.09. The third-order valence-corrected chi connectivity index (χ3v) is 2.09. The average molecular weight is 223 g/mol. The zero-order valence-electron chi connectivity index (χ0n) is 9.44. The molecule has 0 bridgehead atoms. The van der Waals surface area contributed by atoms with E-state index >= 15 is 0 Å². The Morgan fingerprint density at radius 1 is 1.44 bits per heavy atom. The number of esters is 1. The zero-order valence-corrected chi connectivity index (χ0v) is 9.44. The van der Waals surface area contributed by atoms with Gasteiger partial charge >= 0.3 is 5.97 Å². The van der Waals surface area contributed by atoms with E-state index in [1.807, 2.05) is 24.3 Å². The van der Waals surface area contributed by atoms with Crippen LogP contribution in [0.3, 0.4) is 0 Å². The Labute approximate surface area is 95.3 Å². The molecule has 0 atom stereocenters. The first-order valence-electron chi connectivity index (χ1n) is 5.25. The first-order valence-corrected chi connectivity index (χ1v) is 5.25. The fourth-order valence-electron chi connectivity index (χ4n) is 1.26. The lowest BCUT2D eigenvalue weighted by molar-refractivity contribution is -0.139. The van der Waals surface area contributed by atoms with Gasteiger partial charge in [0.2, 0.25) is 0 Å². The van der Waals surface area contributed by atoms with Crippen molar-refractivity contribution < 1.29 is 14.3 Å². The molecule has 0 fully saturated rings. The van der Waals surface area contributed by atoms with Gasteiger partial charge in [0.05, 0.1) is 20.1 Å². The van der Waals surface area contributed by atoms with Gasteiger partial charge < -0.3 is 15.2 Å². The highest BCUT2D eigenvalue weighted by Gasteiger charge is 2.03. The first-order chi connectivity index (χ1) is 7.76. The van der Waals surface area contributed by atoms with Crippen molar-refractivity contribution in [2.75, 3.05) is 20.3 Å². The molecule has 2 N–H and O–H groups in total. The fourth-order valence-corrected chi connectivity index (χ4v) is 1.26. The number of carbonyl (C=O) groups excluding carboxylic acids is 1. The van der Waals surface area contributed by atoms with E-state index < -0.39 is 0 Å². The van der Waals surface area contributed by atoms with E-state index in [0.29, 0.717) is 13.2 Å². The predicted octanol–water partition coefficient (Wildman–Crippen LogP) is 1.13. The van der Waals surface area contributed by atoms with Crippen LogP contribution in [-0.4, -0.2) is 26.2 Å². The number of methoxy groups -OCH3 is 1. The standard InChI is InChI=1S/C12H17NO3/c1-15-12(14)9-10-4-2-5-11(8-10)16-7-3-6-13/h2,4-5,8H,3,6-7,9,13H2,1H3. The molecule has 4 nitrogen and oxygen atoms in total. The minimum atomic E-state index is -0.251. The van der Waals surface area contributed by atoms with Crippen molar-refractivity contribution in [3.8, 4) is 5.75 Å². The lowest BCUT2D eigenvalue weighted by atomic mass is 10.1. The molecule has 0 unspecified atom stereocenters. The maximum atomic E-state index is 11.1. The molecule has 0 aliphatic heterocycles. The van der Waals surface area contributed by atoms with E-state index in [1.165, 1.54) is 7.11 Å². The summed E-state index contributed by atoms with van der Waals surface area (Å²) in [6, 6.07) is 7.42. The highest BCUT2D eigenvalue weighted by atomic mass is 16.5. The Kier molecular flexibility index (Phi) is 5.36. The summed E-state index contributed by atoms with van der Waals surface area (Å²) >= 11 is 0. The number of rotatable bonds is 6. The van der Waals surface area contributed by atoms with E-state index in [1.54, 1.807) is 0 Å². The number of carbonyl (C=O) groups is 1. The Bertz CT molecular complexity index is 339. The molecule has 0 radical (unpaired) electrons. The fraction of sp³-hybridized carbons (Fsp3) is 0.417. The van der Waals surface area contributed by atoms with E-state index in [-0.39, 0.29) is 12.4 Å². The van der Waals surface area contributed by atoms with Crippen LogP contribution in [-0.2, 0) is 16.0 Å². The van der Waals surface area contributed by atoms with E-state index in [2.05, 4.69) is 4.74 Å². The quantitative estimate of drug-likeness (QED) is 0.580. The molecule has 0 amide bonds. The van der Waals surface area contributed by atoms with Crippen LogP contribution in [0.2, 0.25) is 0 Å². The molecular formula is C12H17NO3. The third kappa shape index (κ3) is 4.31. The normalized spacial score (nSPS) is 9.88. The second-order valence-electron chi connectivity index (χ2n) is 3.39. The van der Waals surface area contributed by atoms with Crippen LogP contribution in [0.1, 0.15) is 12.0 Å². The summed E-state index contributed by atoms with van der Waals surface area (Å²) in [5.74, 6) is 0.508. The average Bonchev–Trinajstić information content (AvgIpc) is 2.30. The number of benzene rings is 1. The van der Waals surface area contributed by atoms with Gasteiger partial charge in [0.15, 0.2) is 0 Å². The van der Waals surface area contributed by atoms with Gasteiger partial charge in [-0.15, -0.1) is 0 Å². The summed E-state index contributed by atoms with van der Waals surface area (Å²) in [5, 5.41) is 0. The third-order valence-electron chi connectivity index (χ3n) is 2.09. The molecule has 16 heavy (non-hydrogen) atoms. The second-order valence-corrected chi connectivity index (χ2v) is 3.39. The minimum Gasteiger partial charge on any atom is -0.494 e. The van der Waals surface area contributed by atoms with E-state index in [4.69, 9.17) is 10.5 Å². The molecular weight excluding hydrogens is 206 g/mol. The van der Waals surface area contributed by atoms with Crippen LogP contribution in [0.25, 0.3) is 0 Å². The lowest BCUT2D eigenvalue weighted by Gasteiger charge is -2.06. The molecule has 0 heterocycles. The number of ether oxygens (including phenoxy) is 2. The van der Waals surface area contributed by atoms with Crippen LogP contribution in [0.5, 0.6) is 5.75 Å². The topological polar surface area (TPSA) is 61.5 Å². The molecule has 0 saturated carbocycles. The predicted molar refractivity (Wildman–Crippen MR) is 61.3 cm³/mol. The summed E-state index contributed by atoms with van der Waals surface area (Å²) in [5.41, 5.74) is 6.25. The molecule has 0 spiro atoms. The highest BCUT2D eigenvalue weighted by Crippen LogP contribution is 2.14. The van der Waals surface area contributed by atoms with Crippen LogP contribution in [0, 0.1) is 0 Å². The summed E-state index contributed by atoms with van der Waals surface area (Å²) < 4.78 is 10.1. The summed E-state index contributed by atoms with van der Waals surface area (Å²) in [7, 11) is 1.38. The van der Waals surface area contributed by atoms with Gasteiger partial charge in [0, 0.05) is 0 Å². The monoisotopic (exact) mass is 223 g/mol. The minimum absolute atomic E-state index is 0.251. The van der Waals surface area contributed by atoms with Crippen molar-refractivity contribution >= 4 is 5.97 Å². The molecule has 0 saturated heterocycles. The SMILES string of the molecule is COC(=O)Cc1cccc(OCCCN)c1.